The van der Waals surface area contributed by atoms with Gasteiger partial charge in [-0.2, -0.15) is 0 Å². The van der Waals surface area contributed by atoms with Crippen molar-refractivity contribution in [2.45, 2.75) is 19.5 Å². The van der Waals surface area contributed by atoms with Crippen molar-refractivity contribution in [1.29, 1.82) is 0 Å². The van der Waals surface area contributed by atoms with Crippen LogP contribution >= 0.6 is 0 Å². The highest BCUT2D eigenvalue weighted by atomic mass is 16.5. The van der Waals surface area contributed by atoms with Gasteiger partial charge < -0.3 is 24.8 Å². The minimum absolute atomic E-state index is 0.0467. The van der Waals surface area contributed by atoms with E-state index >= 15 is 0 Å². The number of hydrogen-bond acceptors (Lipinski definition) is 6. The molecule has 0 aliphatic carbocycles. The largest absolute Gasteiger partial charge is 0.497 e. The van der Waals surface area contributed by atoms with Gasteiger partial charge in [-0.1, -0.05) is 0 Å². The molecule has 0 saturated carbocycles. The van der Waals surface area contributed by atoms with Crippen LogP contribution in [-0.4, -0.2) is 88.8 Å². The van der Waals surface area contributed by atoms with Crippen molar-refractivity contribution in [2.24, 2.45) is 0 Å². The number of carbonyl (C=O) groups excluding carboxylic acids is 1. The lowest BCUT2D eigenvalue weighted by Crippen LogP contribution is -2.51. The number of aliphatic carboxylic acids is 2. The summed E-state index contributed by atoms with van der Waals surface area (Å²) in [7, 11) is 1.53. The van der Waals surface area contributed by atoms with Crippen molar-refractivity contribution in [3.05, 3.63) is 30.0 Å². The van der Waals surface area contributed by atoms with Crippen LogP contribution in [0, 0.1) is 0 Å². The first-order valence-corrected chi connectivity index (χ1v) is 10.2. The molecule has 1 aromatic carbocycles. The smallest absolute Gasteiger partial charge is 0.325 e. The standard InChI is InChI=1S/C21H28N4O6/c1-3-22-18(26)12-23-6-8-24(9-7-23)20(21(29)30)16-11-25(13-19(27)28)17-5-4-14(31-2)10-15(16)17/h4-5,10-11,20H,3,6-9,12-13H2,1-2H3,(H,22,26)(H,27,28)(H,29,30)/t20-/m0/s1. The van der Waals surface area contributed by atoms with Crippen LogP contribution < -0.4 is 10.1 Å². The van der Waals surface area contributed by atoms with Crippen LogP contribution in [0.2, 0.25) is 0 Å². The molecular weight excluding hydrogens is 404 g/mol. The highest BCUT2D eigenvalue weighted by Gasteiger charge is 2.33. The molecule has 3 rings (SSSR count). The molecule has 10 heteroatoms. The fourth-order valence-corrected chi connectivity index (χ4v) is 4.05. The minimum Gasteiger partial charge on any atom is -0.497 e. The molecule has 3 N–H and O–H groups in total. The van der Waals surface area contributed by atoms with E-state index in [2.05, 4.69) is 5.32 Å². The average molecular weight is 432 g/mol. The van der Waals surface area contributed by atoms with E-state index in [1.54, 1.807) is 29.0 Å². The first-order valence-electron chi connectivity index (χ1n) is 10.2. The molecule has 10 nitrogen and oxygen atoms in total. The fraction of sp³-hybridized carbons (Fsp3) is 0.476. The maximum absolute atomic E-state index is 12.3. The molecule has 0 radical (unpaired) electrons. The van der Waals surface area contributed by atoms with Crippen molar-refractivity contribution in [3.63, 3.8) is 0 Å². The Balaban J connectivity index is 1.88. The first kappa shape index (κ1) is 22.6. The molecule has 168 valence electrons. The Morgan fingerprint density at radius 2 is 1.84 bits per heavy atom. The number of ether oxygens (including phenoxy) is 1. The number of carbonyl (C=O) groups is 3. The first-order chi connectivity index (χ1) is 14.8. The van der Waals surface area contributed by atoms with Crippen molar-refractivity contribution in [1.82, 2.24) is 19.7 Å². The quantitative estimate of drug-likeness (QED) is 0.527. The molecule has 0 unspecified atom stereocenters. The Labute approximate surface area is 180 Å². The maximum Gasteiger partial charge on any atom is 0.325 e. The summed E-state index contributed by atoms with van der Waals surface area (Å²) in [6.07, 6.45) is 1.61. The molecule has 1 atom stereocenters. The zero-order chi connectivity index (χ0) is 22.5. The Bertz CT molecular complexity index is 964. The van der Waals surface area contributed by atoms with Crippen molar-refractivity contribution < 1.29 is 29.3 Å². The second-order valence-corrected chi connectivity index (χ2v) is 7.50. The van der Waals surface area contributed by atoms with Crippen LogP contribution in [0.1, 0.15) is 18.5 Å². The molecule has 0 spiro atoms. The van der Waals surface area contributed by atoms with E-state index in [9.17, 15) is 24.6 Å². The van der Waals surface area contributed by atoms with E-state index in [-0.39, 0.29) is 19.0 Å². The van der Waals surface area contributed by atoms with E-state index in [0.29, 0.717) is 54.9 Å². The second kappa shape index (κ2) is 9.80. The van der Waals surface area contributed by atoms with E-state index in [1.807, 2.05) is 16.7 Å². The summed E-state index contributed by atoms with van der Waals surface area (Å²) in [5.41, 5.74) is 1.17. The van der Waals surface area contributed by atoms with Crippen LogP contribution in [0.25, 0.3) is 10.9 Å². The van der Waals surface area contributed by atoms with Gasteiger partial charge in [0.2, 0.25) is 5.91 Å². The molecule has 1 aliphatic rings. The third-order valence-corrected chi connectivity index (χ3v) is 5.47. The van der Waals surface area contributed by atoms with E-state index < -0.39 is 18.0 Å². The number of rotatable bonds is 9. The number of amides is 1. The number of nitrogens with one attached hydrogen (secondary N) is 1. The highest BCUT2D eigenvalue weighted by Crippen LogP contribution is 2.33. The molecule has 1 fully saturated rings. The third-order valence-electron chi connectivity index (χ3n) is 5.47. The Hall–Kier alpha value is -3.11. The summed E-state index contributed by atoms with van der Waals surface area (Å²) in [6, 6.07) is 4.27. The average Bonchev–Trinajstić information content (AvgIpc) is 3.06. The van der Waals surface area contributed by atoms with E-state index in [4.69, 9.17) is 4.74 Å². The second-order valence-electron chi connectivity index (χ2n) is 7.50. The maximum atomic E-state index is 12.3. The molecule has 0 bridgehead atoms. The Kier molecular flexibility index (Phi) is 7.13. The number of likely N-dealkylation sites (N-methyl/N-ethyl adjacent to an activating group) is 1. The molecule has 1 saturated heterocycles. The summed E-state index contributed by atoms with van der Waals surface area (Å²) in [4.78, 5) is 39.3. The number of methoxy groups -OCH3 is 1. The van der Waals surface area contributed by atoms with Crippen LogP contribution in [0.3, 0.4) is 0 Å². The number of fused-ring (bicyclic) bond motifs is 1. The lowest BCUT2D eigenvalue weighted by atomic mass is 10.0. The SMILES string of the molecule is CCNC(=O)CN1CCN([C@H](C(=O)O)c2cn(CC(=O)O)c3ccc(OC)cc23)CC1. The van der Waals surface area contributed by atoms with Gasteiger partial charge in [-0.05, 0) is 25.1 Å². The Morgan fingerprint density at radius 3 is 2.42 bits per heavy atom. The van der Waals surface area contributed by atoms with Crippen molar-refractivity contribution in [2.75, 3.05) is 46.4 Å². The number of aromatic nitrogens is 1. The van der Waals surface area contributed by atoms with Gasteiger partial charge in [-0.3, -0.25) is 24.2 Å². The predicted molar refractivity (Wildman–Crippen MR) is 113 cm³/mol. The van der Waals surface area contributed by atoms with Crippen LogP contribution in [0.5, 0.6) is 5.75 Å². The molecular formula is C21H28N4O6. The zero-order valence-electron chi connectivity index (χ0n) is 17.7. The zero-order valence-corrected chi connectivity index (χ0v) is 17.7. The highest BCUT2D eigenvalue weighted by molar-refractivity contribution is 5.91. The number of benzene rings is 1. The summed E-state index contributed by atoms with van der Waals surface area (Å²) >= 11 is 0. The number of hydrogen-bond donors (Lipinski definition) is 3. The van der Waals surface area contributed by atoms with Crippen LogP contribution in [0.15, 0.2) is 24.4 Å². The van der Waals surface area contributed by atoms with Gasteiger partial charge >= 0.3 is 11.9 Å². The monoisotopic (exact) mass is 432 g/mol. The van der Waals surface area contributed by atoms with Gasteiger partial charge in [0.1, 0.15) is 18.3 Å². The van der Waals surface area contributed by atoms with E-state index in [0.717, 1.165) is 0 Å². The molecule has 1 aromatic heterocycles. The fourth-order valence-electron chi connectivity index (χ4n) is 4.05. The van der Waals surface area contributed by atoms with Gasteiger partial charge in [0.15, 0.2) is 0 Å². The van der Waals surface area contributed by atoms with Gasteiger partial charge in [0.05, 0.1) is 13.7 Å². The summed E-state index contributed by atoms with van der Waals surface area (Å²) < 4.78 is 6.84. The number of nitrogens with zero attached hydrogens (tertiary/aromatic N) is 3. The molecule has 2 aromatic rings. The number of piperazine rings is 1. The summed E-state index contributed by atoms with van der Waals surface area (Å²) in [5, 5.41) is 22.7. The third kappa shape index (κ3) is 5.15. The normalized spacial score (nSPS) is 16.2. The predicted octanol–water partition coefficient (Wildman–Crippen LogP) is 0.614. The van der Waals surface area contributed by atoms with Crippen molar-refractivity contribution in [3.8, 4) is 5.75 Å². The Morgan fingerprint density at radius 1 is 1.13 bits per heavy atom. The lowest BCUT2D eigenvalue weighted by Gasteiger charge is -2.37. The molecule has 1 aliphatic heterocycles. The van der Waals surface area contributed by atoms with Crippen LogP contribution in [-0.2, 0) is 20.9 Å². The molecule has 2 heterocycles. The number of carboxylic acids is 2. The van der Waals surface area contributed by atoms with Gasteiger partial charge in [-0.15, -0.1) is 0 Å². The van der Waals surface area contributed by atoms with Crippen molar-refractivity contribution >= 4 is 28.7 Å². The minimum atomic E-state index is -1.01. The van der Waals surface area contributed by atoms with Gasteiger partial charge in [-0.25, -0.2) is 0 Å². The molecule has 1 amide bonds. The van der Waals surface area contributed by atoms with Gasteiger partial charge in [0, 0.05) is 55.4 Å². The van der Waals surface area contributed by atoms with Crippen LogP contribution in [0.4, 0.5) is 0 Å². The summed E-state index contributed by atoms with van der Waals surface area (Å²) in [5.74, 6) is -1.49. The summed E-state index contributed by atoms with van der Waals surface area (Å²) in [6.45, 7) is 4.55. The van der Waals surface area contributed by atoms with Gasteiger partial charge in [0.25, 0.3) is 0 Å². The molecule has 31 heavy (non-hydrogen) atoms. The number of carboxylic acid groups (broad SMARTS) is 2. The lowest BCUT2D eigenvalue weighted by molar-refractivity contribution is -0.144. The topological polar surface area (TPSA) is 124 Å². The van der Waals surface area contributed by atoms with E-state index in [1.165, 1.54) is 7.11 Å².